The van der Waals surface area contributed by atoms with Crippen LogP contribution in [0.3, 0.4) is 0 Å². The van der Waals surface area contributed by atoms with Gasteiger partial charge in [-0.1, -0.05) is 84.9 Å². The van der Waals surface area contributed by atoms with E-state index in [9.17, 15) is 14.0 Å². The predicted molar refractivity (Wildman–Crippen MR) is 114 cm³/mol. The Kier molecular flexibility index (Phi) is 5.41. The Labute approximate surface area is 174 Å². The van der Waals surface area contributed by atoms with Gasteiger partial charge in [0.05, 0.1) is 6.07 Å². The lowest BCUT2D eigenvalue weighted by Gasteiger charge is -2.37. The monoisotopic (exact) mass is 395 g/mol. The zero-order valence-electron chi connectivity index (χ0n) is 16.2. The van der Waals surface area contributed by atoms with Crippen LogP contribution in [0.5, 0.6) is 0 Å². The first-order valence-corrected chi connectivity index (χ1v) is 9.68. The van der Waals surface area contributed by atoms with Gasteiger partial charge in [0.15, 0.2) is 0 Å². The minimum Gasteiger partial charge on any atom is -0.207 e. The lowest BCUT2D eigenvalue weighted by molar-refractivity contribution is 0.562. The van der Waals surface area contributed by atoms with Crippen molar-refractivity contribution in [2.24, 2.45) is 0 Å². The third-order valence-electron chi connectivity index (χ3n) is 5.47. The molecule has 0 saturated heterocycles. The molecule has 30 heavy (non-hydrogen) atoms. The number of benzene rings is 4. The number of hydrogen-bond acceptors (Lipinski definition) is 1. The van der Waals surface area contributed by atoms with Crippen molar-refractivity contribution < 1.29 is 8.78 Å². The first-order chi connectivity index (χ1) is 14.6. The molecule has 0 fully saturated rings. The van der Waals surface area contributed by atoms with Crippen LogP contribution in [0, 0.1) is 23.0 Å². The summed E-state index contributed by atoms with van der Waals surface area (Å²) in [4.78, 5) is 0. The highest BCUT2D eigenvalue weighted by Gasteiger charge is 2.44. The molecule has 4 aromatic rings. The van der Waals surface area contributed by atoms with E-state index < -0.39 is 5.41 Å². The first-order valence-electron chi connectivity index (χ1n) is 9.68. The Morgan fingerprint density at radius 3 is 1.27 bits per heavy atom. The molecule has 0 heterocycles. The lowest BCUT2D eigenvalue weighted by atomic mass is 9.62. The zero-order valence-corrected chi connectivity index (χ0v) is 16.2. The van der Waals surface area contributed by atoms with Crippen molar-refractivity contribution in [3.63, 3.8) is 0 Å². The molecule has 0 aromatic heterocycles. The van der Waals surface area contributed by atoms with Gasteiger partial charge in [-0.05, 0) is 46.5 Å². The van der Waals surface area contributed by atoms with Crippen LogP contribution in [0.4, 0.5) is 8.78 Å². The molecule has 0 aliphatic rings. The summed E-state index contributed by atoms with van der Waals surface area (Å²) in [6, 6.07) is 34.1. The van der Waals surface area contributed by atoms with E-state index >= 15 is 0 Å². The third kappa shape index (κ3) is 3.49. The van der Waals surface area contributed by atoms with Gasteiger partial charge in [-0.15, -0.1) is 0 Å². The van der Waals surface area contributed by atoms with Gasteiger partial charge < -0.3 is 0 Å². The van der Waals surface area contributed by atoms with Gasteiger partial charge in [0.1, 0.15) is 17.0 Å². The van der Waals surface area contributed by atoms with Crippen LogP contribution in [0.1, 0.15) is 28.2 Å². The highest BCUT2D eigenvalue weighted by molar-refractivity contribution is 5.55. The summed E-state index contributed by atoms with van der Waals surface area (Å²) in [6.45, 7) is 0. The molecule has 0 saturated carbocycles. The first kappa shape index (κ1) is 19.5. The van der Waals surface area contributed by atoms with Crippen molar-refractivity contribution in [2.45, 2.75) is 11.3 Å². The summed E-state index contributed by atoms with van der Waals surface area (Å²) in [6.07, 6.45) is 0. The standard InChI is InChI=1S/C27H19F2N/c28-24-15-11-22(12-16-24)27(19-30,23-13-17-25(29)18-14-23)26(20-7-3-1-4-8-20)21-9-5-2-6-10-21/h1-18,26H. The molecule has 0 aliphatic heterocycles. The fourth-order valence-electron chi connectivity index (χ4n) is 4.10. The second kappa shape index (κ2) is 8.31. The van der Waals surface area contributed by atoms with Crippen LogP contribution in [-0.4, -0.2) is 0 Å². The van der Waals surface area contributed by atoms with E-state index in [0.717, 1.165) is 11.1 Å². The SMILES string of the molecule is N#CC(c1ccc(F)cc1)(c1ccc(F)cc1)C(c1ccccc1)c1ccccc1. The number of halogens is 2. The molecule has 0 unspecified atom stereocenters. The fourth-order valence-corrected chi connectivity index (χ4v) is 4.10. The van der Waals surface area contributed by atoms with Crippen molar-refractivity contribution in [3.05, 3.63) is 143 Å². The average Bonchev–Trinajstić information content (AvgIpc) is 2.80. The Morgan fingerprint density at radius 1 is 0.567 bits per heavy atom. The van der Waals surface area contributed by atoms with E-state index in [4.69, 9.17) is 0 Å². The Balaban J connectivity index is 2.07. The second-order valence-corrected chi connectivity index (χ2v) is 7.19. The molecule has 0 atom stereocenters. The van der Waals surface area contributed by atoms with E-state index in [2.05, 4.69) is 6.07 Å². The van der Waals surface area contributed by atoms with Gasteiger partial charge in [0, 0.05) is 5.92 Å². The zero-order chi connectivity index (χ0) is 21.0. The van der Waals surface area contributed by atoms with Crippen LogP contribution >= 0.6 is 0 Å². The van der Waals surface area contributed by atoms with E-state index in [1.165, 1.54) is 24.3 Å². The summed E-state index contributed by atoms with van der Waals surface area (Å²) in [5.74, 6) is -1.14. The second-order valence-electron chi connectivity index (χ2n) is 7.19. The molecule has 0 N–H and O–H groups in total. The Bertz CT molecular complexity index is 1060. The molecule has 3 heteroatoms. The highest BCUT2D eigenvalue weighted by atomic mass is 19.1. The topological polar surface area (TPSA) is 23.8 Å². The smallest absolute Gasteiger partial charge is 0.123 e. The number of nitriles is 1. The molecule has 0 spiro atoms. The molecule has 1 nitrogen and oxygen atoms in total. The Hall–Kier alpha value is -3.77. The maximum Gasteiger partial charge on any atom is 0.123 e. The van der Waals surface area contributed by atoms with Crippen molar-refractivity contribution in [1.29, 1.82) is 5.26 Å². The summed E-state index contributed by atoms with van der Waals surface area (Å²) >= 11 is 0. The average molecular weight is 395 g/mol. The molecule has 146 valence electrons. The van der Waals surface area contributed by atoms with Gasteiger partial charge in [0.2, 0.25) is 0 Å². The van der Waals surface area contributed by atoms with Crippen molar-refractivity contribution in [2.75, 3.05) is 0 Å². The molecule has 0 amide bonds. The van der Waals surface area contributed by atoms with E-state index in [-0.39, 0.29) is 17.6 Å². The maximum atomic E-state index is 13.7. The highest BCUT2D eigenvalue weighted by Crippen LogP contribution is 2.48. The minimum absolute atomic E-state index is 0.374. The van der Waals surface area contributed by atoms with Gasteiger partial charge >= 0.3 is 0 Å². The van der Waals surface area contributed by atoms with Gasteiger partial charge in [-0.2, -0.15) is 5.26 Å². The van der Waals surface area contributed by atoms with Crippen LogP contribution in [-0.2, 0) is 5.41 Å². The van der Waals surface area contributed by atoms with Crippen LogP contribution in [0.25, 0.3) is 0 Å². The van der Waals surface area contributed by atoms with Crippen LogP contribution in [0.15, 0.2) is 109 Å². The quantitative estimate of drug-likeness (QED) is 0.373. The Morgan fingerprint density at radius 2 is 0.933 bits per heavy atom. The van der Waals surface area contributed by atoms with Gasteiger partial charge in [-0.25, -0.2) is 8.78 Å². The van der Waals surface area contributed by atoms with Crippen molar-refractivity contribution in [1.82, 2.24) is 0 Å². The van der Waals surface area contributed by atoms with E-state index in [0.29, 0.717) is 11.1 Å². The lowest BCUT2D eigenvalue weighted by Crippen LogP contribution is -2.34. The fraction of sp³-hybridized carbons (Fsp3) is 0.0741. The van der Waals surface area contributed by atoms with Crippen molar-refractivity contribution in [3.8, 4) is 6.07 Å². The molecule has 4 aromatic carbocycles. The summed E-state index contributed by atoms with van der Waals surface area (Å²) in [7, 11) is 0. The third-order valence-corrected chi connectivity index (χ3v) is 5.47. The van der Waals surface area contributed by atoms with Crippen LogP contribution < -0.4 is 0 Å². The van der Waals surface area contributed by atoms with E-state index in [1.807, 2.05) is 60.7 Å². The van der Waals surface area contributed by atoms with Crippen LogP contribution in [0.2, 0.25) is 0 Å². The largest absolute Gasteiger partial charge is 0.207 e. The molecule has 0 radical (unpaired) electrons. The summed E-state index contributed by atoms with van der Waals surface area (Å²) in [5, 5.41) is 10.7. The molecule has 0 aliphatic carbocycles. The maximum absolute atomic E-state index is 13.7. The molecular weight excluding hydrogens is 376 g/mol. The molecule has 4 rings (SSSR count). The van der Waals surface area contributed by atoms with Gasteiger partial charge in [0.25, 0.3) is 0 Å². The van der Waals surface area contributed by atoms with Crippen molar-refractivity contribution >= 4 is 0 Å². The summed E-state index contributed by atoms with van der Waals surface area (Å²) in [5.41, 5.74) is 1.99. The predicted octanol–water partition coefficient (Wildman–Crippen LogP) is 6.61. The summed E-state index contributed by atoms with van der Waals surface area (Å²) < 4.78 is 27.5. The van der Waals surface area contributed by atoms with Gasteiger partial charge in [-0.3, -0.25) is 0 Å². The number of hydrogen-bond donors (Lipinski definition) is 0. The number of nitrogens with zero attached hydrogens (tertiary/aromatic N) is 1. The number of rotatable bonds is 5. The van der Waals surface area contributed by atoms with E-state index in [1.54, 1.807) is 24.3 Å². The normalized spacial score (nSPS) is 11.3. The minimum atomic E-state index is -1.19. The molecule has 0 bridgehead atoms. The molecular formula is C27H19F2N.